The highest BCUT2D eigenvalue weighted by Gasteiger charge is 2.43. The molecule has 0 radical (unpaired) electrons. The Morgan fingerprint density at radius 1 is 1.07 bits per heavy atom. The smallest absolute Gasteiger partial charge is 0.278 e. The van der Waals surface area contributed by atoms with Crippen molar-refractivity contribution in [3.63, 3.8) is 0 Å². The first kappa shape index (κ1) is 19.7. The number of nitrogens with zero attached hydrogens (tertiary/aromatic N) is 2. The SMILES string of the molecule is COc1ccc(CN2C(=O)C(c3cccs3)=C(N3CC(C)OC(C)C3)C2=O)cc1. The fraction of sp³-hybridized carbons (Fsp3) is 0.364. The van der Waals surface area contributed by atoms with Crippen LogP contribution in [0.15, 0.2) is 47.5 Å². The van der Waals surface area contributed by atoms with Crippen LogP contribution in [0.3, 0.4) is 0 Å². The number of carbonyl (C=O) groups is 2. The molecule has 0 spiro atoms. The van der Waals surface area contributed by atoms with Crippen LogP contribution in [0, 0.1) is 0 Å². The number of imide groups is 1. The zero-order valence-electron chi connectivity index (χ0n) is 16.8. The maximum Gasteiger partial charge on any atom is 0.278 e. The minimum Gasteiger partial charge on any atom is -0.497 e. The number of carbonyl (C=O) groups excluding carboxylic acids is 2. The minimum absolute atomic E-state index is 0.00521. The Balaban J connectivity index is 1.68. The molecule has 2 aliphatic rings. The van der Waals surface area contributed by atoms with Crippen LogP contribution in [0.1, 0.15) is 24.3 Å². The highest BCUT2D eigenvalue weighted by molar-refractivity contribution is 7.11. The maximum atomic E-state index is 13.4. The van der Waals surface area contributed by atoms with E-state index >= 15 is 0 Å². The molecule has 2 aromatic rings. The molecule has 2 atom stereocenters. The van der Waals surface area contributed by atoms with E-state index in [2.05, 4.69) is 0 Å². The van der Waals surface area contributed by atoms with E-state index in [4.69, 9.17) is 9.47 Å². The lowest BCUT2D eigenvalue weighted by atomic mass is 10.1. The average molecular weight is 413 g/mol. The number of amides is 2. The van der Waals surface area contributed by atoms with Gasteiger partial charge in [0, 0.05) is 18.0 Å². The van der Waals surface area contributed by atoms with Crippen LogP contribution >= 0.6 is 11.3 Å². The van der Waals surface area contributed by atoms with E-state index in [9.17, 15) is 9.59 Å². The molecule has 0 saturated carbocycles. The van der Waals surface area contributed by atoms with Gasteiger partial charge < -0.3 is 14.4 Å². The van der Waals surface area contributed by atoms with E-state index < -0.39 is 0 Å². The lowest BCUT2D eigenvalue weighted by molar-refractivity contribution is -0.139. The molecule has 1 saturated heterocycles. The first-order valence-corrected chi connectivity index (χ1v) is 10.5. The van der Waals surface area contributed by atoms with Gasteiger partial charge in [0.2, 0.25) is 0 Å². The van der Waals surface area contributed by atoms with Crippen molar-refractivity contribution in [2.24, 2.45) is 0 Å². The van der Waals surface area contributed by atoms with E-state index in [0.717, 1.165) is 16.2 Å². The predicted octanol–water partition coefficient (Wildman–Crippen LogP) is 3.15. The van der Waals surface area contributed by atoms with Crippen molar-refractivity contribution in [2.45, 2.75) is 32.6 Å². The zero-order chi connectivity index (χ0) is 20.5. The van der Waals surface area contributed by atoms with Crippen molar-refractivity contribution in [1.82, 2.24) is 9.80 Å². The summed E-state index contributed by atoms with van der Waals surface area (Å²) < 4.78 is 11.0. The standard InChI is InChI=1S/C22H24N2O4S/c1-14-11-23(12-15(2)28-14)20-19(18-5-4-10-29-18)21(25)24(22(20)26)13-16-6-8-17(27-3)9-7-16/h4-10,14-15H,11-13H2,1-3H3. The van der Waals surface area contributed by atoms with Gasteiger partial charge in [0.25, 0.3) is 11.8 Å². The molecule has 2 amide bonds. The summed E-state index contributed by atoms with van der Waals surface area (Å²) in [5.41, 5.74) is 1.87. The number of ether oxygens (including phenoxy) is 2. The fourth-order valence-corrected chi connectivity index (χ4v) is 4.68. The van der Waals surface area contributed by atoms with Crippen LogP contribution in [-0.2, 0) is 20.9 Å². The molecule has 1 fully saturated rings. The van der Waals surface area contributed by atoms with Gasteiger partial charge >= 0.3 is 0 Å². The molecule has 0 N–H and O–H groups in total. The third-order valence-corrected chi connectivity index (χ3v) is 6.03. The third-order valence-electron chi connectivity index (χ3n) is 5.15. The molecule has 0 bridgehead atoms. The summed E-state index contributed by atoms with van der Waals surface area (Å²) in [7, 11) is 1.61. The van der Waals surface area contributed by atoms with Gasteiger partial charge in [-0.05, 0) is 43.0 Å². The number of hydrogen-bond acceptors (Lipinski definition) is 6. The van der Waals surface area contributed by atoms with Gasteiger partial charge in [0.1, 0.15) is 11.4 Å². The molecule has 3 heterocycles. The van der Waals surface area contributed by atoms with Gasteiger partial charge in [0.05, 0.1) is 31.4 Å². The minimum atomic E-state index is -0.241. The third kappa shape index (κ3) is 3.80. The Labute approximate surface area is 174 Å². The van der Waals surface area contributed by atoms with Gasteiger partial charge in [-0.1, -0.05) is 18.2 Å². The van der Waals surface area contributed by atoms with E-state index in [-0.39, 0.29) is 30.6 Å². The quantitative estimate of drug-likeness (QED) is 0.706. The van der Waals surface area contributed by atoms with E-state index in [1.807, 2.05) is 60.5 Å². The van der Waals surface area contributed by atoms with Crippen molar-refractivity contribution in [3.05, 3.63) is 57.9 Å². The van der Waals surface area contributed by atoms with Crippen LogP contribution in [0.25, 0.3) is 5.57 Å². The molecular formula is C22H24N2O4S. The molecular weight excluding hydrogens is 388 g/mol. The Morgan fingerprint density at radius 2 is 1.76 bits per heavy atom. The fourth-order valence-electron chi connectivity index (χ4n) is 3.92. The summed E-state index contributed by atoms with van der Waals surface area (Å²) in [6, 6.07) is 11.2. The van der Waals surface area contributed by atoms with Crippen molar-refractivity contribution < 1.29 is 19.1 Å². The maximum absolute atomic E-state index is 13.4. The van der Waals surface area contributed by atoms with Gasteiger partial charge in [-0.25, -0.2) is 0 Å². The lowest BCUT2D eigenvalue weighted by Crippen LogP contribution is -2.46. The monoisotopic (exact) mass is 412 g/mol. The van der Waals surface area contributed by atoms with Gasteiger partial charge in [0.15, 0.2) is 0 Å². The molecule has 29 heavy (non-hydrogen) atoms. The van der Waals surface area contributed by atoms with E-state index in [1.165, 1.54) is 16.2 Å². The molecule has 1 aromatic carbocycles. The summed E-state index contributed by atoms with van der Waals surface area (Å²) >= 11 is 1.48. The molecule has 152 valence electrons. The summed E-state index contributed by atoms with van der Waals surface area (Å²) in [5.74, 6) is 0.257. The number of hydrogen-bond donors (Lipinski definition) is 0. The average Bonchev–Trinajstić information content (AvgIpc) is 3.30. The summed E-state index contributed by atoms with van der Waals surface area (Å²) in [6.45, 7) is 5.39. The first-order valence-electron chi connectivity index (χ1n) is 9.65. The zero-order valence-corrected chi connectivity index (χ0v) is 17.6. The molecule has 7 heteroatoms. The Morgan fingerprint density at radius 3 is 2.34 bits per heavy atom. The lowest BCUT2D eigenvalue weighted by Gasteiger charge is -2.37. The van der Waals surface area contributed by atoms with Crippen LogP contribution in [0.4, 0.5) is 0 Å². The van der Waals surface area contributed by atoms with Crippen LogP contribution < -0.4 is 4.74 Å². The summed E-state index contributed by atoms with van der Waals surface area (Å²) in [6.07, 6.45) is -0.0104. The van der Waals surface area contributed by atoms with E-state index in [0.29, 0.717) is 24.4 Å². The number of benzene rings is 1. The van der Waals surface area contributed by atoms with Crippen molar-refractivity contribution >= 4 is 28.7 Å². The Kier molecular flexibility index (Phi) is 5.43. The number of methoxy groups -OCH3 is 1. The van der Waals surface area contributed by atoms with Crippen molar-refractivity contribution in [3.8, 4) is 5.75 Å². The van der Waals surface area contributed by atoms with Crippen LogP contribution in [0.5, 0.6) is 5.75 Å². The molecule has 2 aliphatic heterocycles. The number of thiophene rings is 1. The van der Waals surface area contributed by atoms with Crippen molar-refractivity contribution in [1.29, 1.82) is 0 Å². The normalized spacial score (nSPS) is 22.6. The second kappa shape index (κ2) is 8.00. The number of rotatable bonds is 5. The van der Waals surface area contributed by atoms with Crippen molar-refractivity contribution in [2.75, 3.05) is 20.2 Å². The Hall–Kier alpha value is -2.64. The second-order valence-corrected chi connectivity index (χ2v) is 8.36. The predicted molar refractivity (Wildman–Crippen MR) is 111 cm³/mol. The van der Waals surface area contributed by atoms with E-state index in [1.54, 1.807) is 7.11 Å². The van der Waals surface area contributed by atoms with Gasteiger partial charge in [-0.2, -0.15) is 0 Å². The second-order valence-electron chi connectivity index (χ2n) is 7.41. The van der Waals surface area contributed by atoms with Gasteiger partial charge in [-0.3, -0.25) is 14.5 Å². The van der Waals surface area contributed by atoms with Crippen LogP contribution in [0.2, 0.25) is 0 Å². The first-order chi connectivity index (χ1) is 14.0. The highest BCUT2D eigenvalue weighted by Crippen LogP contribution is 2.36. The molecule has 2 unspecified atom stereocenters. The largest absolute Gasteiger partial charge is 0.497 e. The number of morpholine rings is 1. The Bertz CT molecular complexity index is 926. The van der Waals surface area contributed by atoms with Crippen LogP contribution in [-0.4, -0.2) is 54.0 Å². The summed E-state index contributed by atoms with van der Waals surface area (Å²) in [4.78, 5) is 30.9. The molecule has 4 rings (SSSR count). The molecule has 0 aliphatic carbocycles. The topological polar surface area (TPSA) is 59.1 Å². The molecule has 1 aromatic heterocycles. The van der Waals surface area contributed by atoms with Gasteiger partial charge in [-0.15, -0.1) is 11.3 Å². The highest BCUT2D eigenvalue weighted by atomic mass is 32.1. The summed E-state index contributed by atoms with van der Waals surface area (Å²) in [5, 5.41) is 1.93. The molecule has 6 nitrogen and oxygen atoms in total.